The number of halogens is 1. The van der Waals surface area contributed by atoms with Gasteiger partial charge in [0, 0.05) is 12.3 Å². The smallest absolute Gasteiger partial charge is 0.330 e. The summed E-state index contributed by atoms with van der Waals surface area (Å²) in [5.74, 6) is 0. The first kappa shape index (κ1) is 18.5. The zero-order chi connectivity index (χ0) is 18.9. The number of aliphatic hydroxyl groups excluding tert-OH is 1. The van der Waals surface area contributed by atoms with Crippen LogP contribution < -0.4 is 11.2 Å². The number of H-pyrrole nitrogens is 1. The Morgan fingerprint density at radius 3 is 2.62 bits per heavy atom. The topological polar surface area (TPSA) is 93.5 Å². The van der Waals surface area contributed by atoms with Crippen molar-refractivity contribution < 1.29 is 19.0 Å². The fourth-order valence-corrected chi connectivity index (χ4v) is 3.10. The van der Waals surface area contributed by atoms with E-state index in [1.165, 1.54) is 13.1 Å². The molecule has 0 bridgehead atoms. The van der Waals surface area contributed by atoms with Gasteiger partial charge in [-0.3, -0.25) is 14.3 Å². The summed E-state index contributed by atoms with van der Waals surface area (Å²) in [4.78, 5) is 25.3. The van der Waals surface area contributed by atoms with Gasteiger partial charge in [0.15, 0.2) is 11.9 Å². The largest absolute Gasteiger partial charge is 0.394 e. The van der Waals surface area contributed by atoms with Gasteiger partial charge in [-0.25, -0.2) is 9.18 Å². The Labute approximate surface area is 149 Å². The van der Waals surface area contributed by atoms with E-state index in [9.17, 15) is 14.7 Å². The molecule has 4 atom stereocenters. The predicted molar refractivity (Wildman–Crippen MR) is 91.6 cm³/mol. The molecular formula is C18H21FN2O5. The summed E-state index contributed by atoms with van der Waals surface area (Å²) < 4.78 is 27.7. The zero-order valence-corrected chi connectivity index (χ0v) is 14.5. The highest BCUT2D eigenvalue weighted by Crippen LogP contribution is 2.42. The third-order valence-electron chi connectivity index (χ3n) is 4.51. The number of hydrogen-bond donors (Lipinski definition) is 2. The van der Waals surface area contributed by atoms with Gasteiger partial charge in [0.2, 0.25) is 0 Å². The van der Waals surface area contributed by atoms with E-state index in [0.29, 0.717) is 0 Å². The first-order chi connectivity index (χ1) is 12.3. The summed E-state index contributed by atoms with van der Waals surface area (Å²) in [6.07, 6.45) is -2.19. The van der Waals surface area contributed by atoms with E-state index < -0.39 is 42.0 Å². The van der Waals surface area contributed by atoms with Gasteiger partial charge in [-0.1, -0.05) is 29.8 Å². The number of ether oxygens (including phenoxy) is 2. The maximum atomic E-state index is 15.5. The fraction of sp³-hybridized carbons (Fsp3) is 0.444. The Morgan fingerprint density at radius 1 is 1.31 bits per heavy atom. The van der Waals surface area contributed by atoms with Crippen LogP contribution in [-0.2, 0) is 16.1 Å². The van der Waals surface area contributed by atoms with Crippen LogP contribution in [0.15, 0.2) is 46.1 Å². The van der Waals surface area contributed by atoms with Gasteiger partial charge in [0.1, 0.15) is 12.2 Å². The second-order valence-electron chi connectivity index (χ2n) is 6.60. The van der Waals surface area contributed by atoms with Crippen LogP contribution in [0, 0.1) is 6.92 Å². The van der Waals surface area contributed by atoms with E-state index in [-0.39, 0.29) is 6.61 Å². The molecule has 0 saturated carbocycles. The summed E-state index contributed by atoms with van der Waals surface area (Å²) >= 11 is 0. The van der Waals surface area contributed by atoms with Crippen molar-refractivity contribution in [2.45, 2.75) is 44.6 Å². The number of aryl methyl sites for hydroxylation is 1. The second-order valence-corrected chi connectivity index (χ2v) is 6.60. The lowest BCUT2D eigenvalue weighted by Crippen LogP contribution is -2.45. The number of aliphatic hydroxyl groups is 1. The van der Waals surface area contributed by atoms with Gasteiger partial charge in [-0.15, -0.1) is 0 Å². The second kappa shape index (κ2) is 7.14. The quantitative estimate of drug-likeness (QED) is 0.827. The van der Waals surface area contributed by atoms with Crippen molar-refractivity contribution in [3.05, 3.63) is 68.5 Å². The third kappa shape index (κ3) is 3.48. The highest BCUT2D eigenvalue weighted by molar-refractivity contribution is 5.20. The van der Waals surface area contributed by atoms with Crippen molar-refractivity contribution >= 4 is 0 Å². The van der Waals surface area contributed by atoms with E-state index in [1.807, 2.05) is 31.2 Å². The molecule has 1 saturated heterocycles. The number of aromatic amines is 1. The van der Waals surface area contributed by atoms with E-state index in [1.54, 1.807) is 0 Å². The average Bonchev–Trinajstić information content (AvgIpc) is 2.85. The highest BCUT2D eigenvalue weighted by atomic mass is 19.1. The number of nitrogens with zero attached hydrogens (tertiary/aromatic N) is 1. The molecule has 1 aromatic heterocycles. The van der Waals surface area contributed by atoms with Crippen LogP contribution in [0.2, 0.25) is 0 Å². The van der Waals surface area contributed by atoms with Crippen LogP contribution in [-0.4, -0.2) is 39.1 Å². The molecular weight excluding hydrogens is 343 g/mol. The Balaban J connectivity index is 1.84. The van der Waals surface area contributed by atoms with Crippen LogP contribution in [0.4, 0.5) is 4.39 Å². The third-order valence-corrected chi connectivity index (χ3v) is 4.51. The molecule has 0 radical (unpaired) electrons. The molecule has 2 heterocycles. The minimum absolute atomic E-state index is 0.136. The van der Waals surface area contributed by atoms with Gasteiger partial charge >= 0.3 is 5.69 Å². The molecule has 0 amide bonds. The standard InChI is InChI=1S/C18H21FN2O5/c1-11-3-5-12(6-4-11)10-25-15-13(9-22)26-16(18(15,2)19)21-8-7-14(23)20-17(21)24/h3-8,13,15-16,22H,9-10H2,1-2H3,(H,20,23,24)/t13-,15-,16-,18-/m1/s1. The Morgan fingerprint density at radius 2 is 2.00 bits per heavy atom. The van der Waals surface area contributed by atoms with Gasteiger partial charge in [-0.05, 0) is 19.4 Å². The monoisotopic (exact) mass is 364 g/mol. The zero-order valence-electron chi connectivity index (χ0n) is 14.5. The molecule has 1 aliphatic heterocycles. The van der Waals surface area contributed by atoms with Gasteiger partial charge < -0.3 is 14.6 Å². The van der Waals surface area contributed by atoms with Crippen molar-refractivity contribution in [1.29, 1.82) is 0 Å². The molecule has 0 spiro atoms. The first-order valence-corrected chi connectivity index (χ1v) is 8.27. The molecule has 26 heavy (non-hydrogen) atoms. The number of nitrogens with one attached hydrogen (secondary N) is 1. The Kier molecular flexibility index (Phi) is 5.08. The van der Waals surface area contributed by atoms with Gasteiger partial charge in [0.05, 0.1) is 13.2 Å². The lowest BCUT2D eigenvalue weighted by atomic mass is 9.98. The number of aromatic nitrogens is 2. The maximum absolute atomic E-state index is 15.5. The highest BCUT2D eigenvalue weighted by Gasteiger charge is 2.56. The van der Waals surface area contributed by atoms with Crippen molar-refractivity contribution in [2.75, 3.05) is 6.61 Å². The fourth-order valence-electron chi connectivity index (χ4n) is 3.10. The predicted octanol–water partition coefficient (Wildman–Crippen LogP) is 1.05. The molecule has 2 N–H and O–H groups in total. The Hall–Kier alpha value is -2.29. The number of rotatable bonds is 5. The first-order valence-electron chi connectivity index (χ1n) is 8.27. The summed E-state index contributed by atoms with van der Waals surface area (Å²) in [6.45, 7) is 2.89. The lowest BCUT2D eigenvalue weighted by Gasteiger charge is -2.28. The van der Waals surface area contributed by atoms with Crippen LogP contribution >= 0.6 is 0 Å². The number of hydrogen-bond acceptors (Lipinski definition) is 5. The van der Waals surface area contributed by atoms with E-state index >= 15 is 4.39 Å². The molecule has 8 heteroatoms. The SMILES string of the molecule is Cc1ccc(CO[C@@H]2[C@@H](CO)O[C@@H](n3ccc(=O)[nH]c3=O)[C@]2(C)F)cc1. The number of benzene rings is 1. The Bertz CT molecular complexity index is 874. The molecule has 1 aliphatic rings. The normalized spacial score (nSPS) is 28.4. The molecule has 140 valence electrons. The summed E-state index contributed by atoms with van der Waals surface area (Å²) in [5, 5.41) is 9.56. The van der Waals surface area contributed by atoms with E-state index in [0.717, 1.165) is 21.8 Å². The molecule has 1 aromatic carbocycles. The average molecular weight is 364 g/mol. The molecule has 1 fully saturated rings. The van der Waals surface area contributed by atoms with Crippen LogP contribution in [0.1, 0.15) is 24.3 Å². The minimum atomic E-state index is -2.10. The van der Waals surface area contributed by atoms with E-state index in [2.05, 4.69) is 4.98 Å². The van der Waals surface area contributed by atoms with Gasteiger partial charge in [0.25, 0.3) is 5.56 Å². The molecule has 0 aliphatic carbocycles. The van der Waals surface area contributed by atoms with E-state index in [4.69, 9.17) is 9.47 Å². The maximum Gasteiger partial charge on any atom is 0.330 e. The molecule has 3 rings (SSSR count). The summed E-state index contributed by atoms with van der Waals surface area (Å²) in [7, 11) is 0. The van der Waals surface area contributed by atoms with Crippen LogP contribution in [0.5, 0.6) is 0 Å². The number of alkyl halides is 1. The van der Waals surface area contributed by atoms with Crippen molar-refractivity contribution in [2.24, 2.45) is 0 Å². The lowest BCUT2D eigenvalue weighted by molar-refractivity contribution is -0.0676. The molecule has 7 nitrogen and oxygen atoms in total. The van der Waals surface area contributed by atoms with Gasteiger partial charge in [-0.2, -0.15) is 0 Å². The minimum Gasteiger partial charge on any atom is -0.394 e. The summed E-state index contributed by atoms with van der Waals surface area (Å²) in [5.41, 5.74) is -1.52. The van der Waals surface area contributed by atoms with Crippen LogP contribution in [0.3, 0.4) is 0 Å². The van der Waals surface area contributed by atoms with Crippen molar-refractivity contribution in [1.82, 2.24) is 9.55 Å². The molecule has 2 aromatic rings. The van der Waals surface area contributed by atoms with Crippen LogP contribution in [0.25, 0.3) is 0 Å². The van der Waals surface area contributed by atoms with Crippen molar-refractivity contribution in [3.63, 3.8) is 0 Å². The van der Waals surface area contributed by atoms with Crippen molar-refractivity contribution in [3.8, 4) is 0 Å². The summed E-state index contributed by atoms with van der Waals surface area (Å²) in [6, 6.07) is 8.70. The molecule has 0 unspecified atom stereocenters.